The second-order valence-corrected chi connectivity index (χ2v) is 4.83. The highest BCUT2D eigenvalue weighted by molar-refractivity contribution is 5.33. The maximum Gasteiger partial charge on any atom is -0.00461 e. The van der Waals surface area contributed by atoms with Gasteiger partial charge >= 0.3 is 0 Å². The molecule has 15 heavy (non-hydrogen) atoms. The molecular weight excluding hydrogens is 182 g/mol. The highest BCUT2D eigenvalue weighted by Gasteiger charge is 2.23. The minimum Gasteiger partial charge on any atom is -0.320 e. The molecule has 82 valence electrons. The molecule has 0 fully saturated rings. The average Bonchev–Trinajstić information content (AvgIpc) is 2.25. The van der Waals surface area contributed by atoms with E-state index in [0.717, 1.165) is 18.4 Å². The van der Waals surface area contributed by atoms with Gasteiger partial charge in [0.15, 0.2) is 0 Å². The van der Waals surface area contributed by atoms with Gasteiger partial charge in [0.05, 0.1) is 0 Å². The summed E-state index contributed by atoms with van der Waals surface area (Å²) in [6.07, 6.45) is 3.91. The van der Waals surface area contributed by atoms with Gasteiger partial charge in [-0.1, -0.05) is 31.2 Å². The molecule has 1 nitrogen and oxygen atoms in total. The summed E-state index contributed by atoms with van der Waals surface area (Å²) in [5.41, 5.74) is 3.18. The summed E-state index contributed by atoms with van der Waals surface area (Å²) in [5.74, 6) is 1.62. The molecule has 2 rings (SSSR count). The number of fused-ring (bicyclic) bond motifs is 1. The van der Waals surface area contributed by atoms with E-state index in [1.54, 1.807) is 11.1 Å². The molecule has 1 heteroatoms. The van der Waals surface area contributed by atoms with Gasteiger partial charge in [0.2, 0.25) is 0 Å². The Kier molecular flexibility index (Phi) is 3.42. The molecule has 0 bridgehead atoms. The van der Waals surface area contributed by atoms with Gasteiger partial charge in [-0.25, -0.2) is 0 Å². The van der Waals surface area contributed by atoms with Crippen LogP contribution in [0.25, 0.3) is 0 Å². The summed E-state index contributed by atoms with van der Waals surface area (Å²) in [6, 6.07) is 8.98. The second kappa shape index (κ2) is 4.80. The SMILES string of the molecule is CNCCC1CC(C)Cc2ccccc21. The van der Waals surface area contributed by atoms with E-state index in [-0.39, 0.29) is 0 Å². The van der Waals surface area contributed by atoms with Gasteiger partial charge < -0.3 is 5.32 Å². The molecule has 0 aromatic heterocycles. The zero-order valence-electron chi connectivity index (χ0n) is 9.79. The van der Waals surface area contributed by atoms with Crippen molar-refractivity contribution in [2.75, 3.05) is 13.6 Å². The van der Waals surface area contributed by atoms with Gasteiger partial charge in [0, 0.05) is 0 Å². The fourth-order valence-electron chi connectivity index (χ4n) is 2.78. The Morgan fingerprint density at radius 1 is 1.33 bits per heavy atom. The summed E-state index contributed by atoms with van der Waals surface area (Å²) in [6.45, 7) is 3.51. The molecular formula is C14H21N. The number of hydrogen-bond donors (Lipinski definition) is 1. The minimum absolute atomic E-state index is 0.775. The number of benzene rings is 1. The van der Waals surface area contributed by atoms with Crippen LogP contribution in [0.4, 0.5) is 0 Å². The van der Waals surface area contributed by atoms with Crippen LogP contribution in [0.2, 0.25) is 0 Å². The summed E-state index contributed by atoms with van der Waals surface area (Å²) >= 11 is 0. The predicted molar refractivity (Wildman–Crippen MR) is 65.2 cm³/mol. The van der Waals surface area contributed by atoms with Crippen LogP contribution in [0.5, 0.6) is 0 Å². The van der Waals surface area contributed by atoms with Crippen LogP contribution in [0.15, 0.2) is 24.3 Å². The first-order valence-electron chi connectivity index (χ1n) is 6.03. The smallest absolute Gasteiger partial charge is 0.00461 e. The Morgan fingerprint density at radius 3 is 2.93 bits per heavy atom. The van der Waals surface area contributed by atoms with Crippen LogP contribution in [0.3, 0.4) is 0 Å². The van der Waals surface area contributed by atoms with E-state index in [1.807, 2.05) is 7.05 Å². The van der Waals surface area contributed by atoms with Gasteiger partial charge in [0.1, 0.15) is 0 Å². The monoisotopic (exact) mass is 203 g/mol. The topological polar surface area (TPSA) is 12.0 Å². The van der Waals surface area contributed by atoms with Crippen molar-refractivity contribution >= 4 is 0 Å². The molecule has 1 aromatic rings. The van der Waals surface area contributed by atoms with Gasteiger partial charge in [0.25, 0.3) is 0 Å². The van der Waals surface area contributed by atoms with Crippen LogP contribution in [-0.4, -0.2) is 13.6 Å². The van der Waals surface area contributed by atoms with E-state index in [9.17, 15) is 0 Å². The molecule has 0 saturated carbocycles. The molecule has 0 heterocycles. The molecule has 0 amide bonds. The summed E-state index contributed by atoms with van der Waals surface area (Å²) in [7, 11) is 2.04. The first kappa shape index (κ1) is 10.7. The second-order valence-electron chi connectivity index (χ2n) is 4.83. The summed E-state index contributed by atoms with van der Waals surface area (Å²) in [4.78, 5) is 0. The highest BCUT2D eigenvalue weighted by Crippen LogP contribution is 2.36. The van der Waals surface area contributed by atoms with Crippen LogP contribution < -0.4 is 5.32 Å². The standard InChI is InChI=1S/C14H21N/c1-11-9-12-5-3-4-6-14(12)13(10-11)7-8-15-2/h3-6,11,13,15H,7-10H2,1-2H3. The molecule has 2 atom stereocenters. The lowest BCUT2D eigenvalue weighted by Crippen LogP contribution is -2.20. The van der Waals surface area contributed by atoms with E-state index < -0.39 is 0 Å². The van der Waals surface area contributed by atoms with E-state index in [0.29, 0.717) is 0 Å². The normalized spacial score (nSPS) is 24.9. The number of nitrogens with one attached hydrogen (secondary N) is 1. The number of hydrogen-bond acceptors (Lipinski definition) is 1. The van der Waals surface area contributed by atoms with Crippen molar-refractivity contribution < 1.29 is 0 Å². The van der Waals surface area contributed by atoms with E-state index in [1.165, 1.54) is 19.3 Å². The maximum atomic E-state index is 3.26. The fraction of sp³-hybridized carbons (Fsp3) is 0.571. The Bertz CT molecular complexity index is 319. The van der Waals surface area contributed by atoms with E-state index in [2.05, 4.69) is 36.5 Å². The van der Waals surface area contributed by atoms with Gasteiger partial charge in [-0.05, 0) is 55.8 Å². The third-order valence-electron chi connectivity index (χ3n) is 3.49. The van der Waals surface area contributed by atoms with Crippen molar-refractivity contribution in [1.29, 1.82) is 0 Å². The van der Waals surface area contributed by atoms with Gasteiger partial charge in [-0.3, -0.25) is 0 Å². The quantitative estimate of drug-likeness (QED) is 0.796. The lowest BCUT2D eigenvalue weighted by molar-refractivity contribution is 0.412. The molecule has 1 aliphatic carbocycles. The van der Waals surface area contributed by atoms with E-state index in [4.69, 9.17) is 0 Å². The minimum atomic E-state index is 0.775. The lowest BCUT2D eigenvalue weighted by Gasteiger charge is -2.29. The van der Waals surface area contributed by atoms with Gasteiger partial charge in [-0.15, -0.1) is 0 Å². The molecule has 0 spiro atoms. The van der Waals surface area contributed by atoms with Crippen molar-refractivity contribution in [3.63, 3.8) is 0 Å². The maximum absolute atomic E-state index is 3.26. The Labute approximate surface area is 92.9 Å². The van der Waals surface area contributed by atoms with Crippen LogP contribution in [0.1, 0.15) is 36.8 Å². The Morgan fingerprint density at radius 2 is 2.13 bits per heavy atom. The molecule has 1 aromatic carbocycles. The van der Waals surface area contributed by atoms with Crippen molar-refractivity contribution in [3.05, 3.63) is 35.4 Å². The fourth-order valence-corrected chi connectivity index (χ4v) is 2.78. The molecule has 1 N–H and O–H groups in total. The molecule has 0 aliphatic heterocycles. The molecule has 0 radical (unpaired) electrons. The van der Waals surface area contributed by atoms with Crippen molar-refractivity contribution in [3.8, 4) is 0 Å². The third-order valence-corrected chi connectivity index (χ3v) is 3.49. The molecule has 2 unspecified atom stereocenters. The summed E-state index contributed by atoms with van der Waals surface area (Å²) < 4.78 is 0. The first-order valence-corrected chi connectivity index (χ1v) is 6.03. The van der Waals surface area contributed by atoms with Gasteiger partial charge in [-0.2, -0.15) is 0 Å². The van der Waals surface area contributed by atoms with Crippen molar-refractivity contribution in [1.82, 2.24) is 5.32 Å². The average molecular weight is 203 g/mol. The van der Waals surface area contributed by atoms with Crippen LogP contribution in [-0.2, 0) is 6.42 Å². The largest absolute Gasteiger partial charge is 0.320 e. The highest BCUT2D eigenvalue weighted by atomic mass is 14.8. The summed E-state index contributed by atoms with van der Waals surface area (Å²) in [5, 5.41) is 3.26. The molecule has 0 saturated heterocycles. The zero-order chi connectivity index (χ0) is 10.7. The lowest BCUT2D eigenvalue weighted by atomic mass is 9.76. The van der Waals surface area contributed by atoms with Crippen molar-refractivity contribution in [2.24, 2.45) is 5.92 Å². The zero-order valence-corrected chi connectivity index (χ0v) is 9.79. The van der Waals surface area contributed by atoms with Crippen molar-refractivity contribution in [2.45, 2.75) is 32.1 Å². The first-order chi connectivity index (χ1) is 7.31. The number of rotatable bonds is 3. The predicted octanol–water partition coefficient (Wildman–Crippen LogP) is 2.96. The van der Waals surface area contributed by atoms with Crippen LogP contribution >= 0.6 is 0 Å². The Balaban J connectivity index is 2.18. The third kappa shape index (κ3) is 2.40. The molecule has 1 aliphatic rings. The van der Waals surface area contributed by atoms with E-state index >= 15 is 0 Å². The Hall–Kier alpha value is -0.820. The van der Waals surface area contributed by atoms with Crippen LogP contribution in [0, 0.1) is 5.92 Å².